The van der Waals surface area contributed by atoms with E-state index in [-0.39, 0.29) is 12.1 Å². The minimum absolute atomic E-state index is 0.155. The minimum atomic E-state index is -1.37. The molecular weight excluding hydrogens is 474 g/mol. The van der Waals surface area contributed by atoms with Gasteiger partial charge in [0.2, 0.25) is 11.8 Å². The highest BCUT2D eigenvalue weighted by atomic mass is 16.4. The molecule has 2 aromatic rings. The van der Waals surface area contributed by atoms with Gasteiger partial charge in [-0.3, -0.25) is 24.0 Å². The van der Waals surface area contributed by atoms with Gasteiger partial charge in [-0.05, 0) is 29.5 Å². The highest BCUT2D eigenvalue weighted by Crippen LogP contribution is 2.37. The zero-order valence-corrected chi connectivity index (χ0v) is 21.6. The third kappa shape index (κ3) is 6.04. The second-order valence-electron chi connectivity index (χ2n) is 9.85. The lowest BCUT2D eigenvalue weighted by atomic mass is 9.79. The van der Waals surface area contributed by atoms with Crippen molar-refractivity contribution in [2.45, 2.75) is 59.2 Å². The number of fused-ring (bicyclic) bond motifs is 1. The zero-order chi connectivity index (χ0) is 27.3. The van der Waals surface area contributed by atoms with Gasteiger partial charge in [-0.2, -0.15) is 0 Å². The summed E-state index contributed by atoms with van der Waals surface area (Å²) in [4.78, 5) is 68.3. The first-order chi connectivity index (χ1) is 17.5. The quantitative estimate of drug-likeness (QED) is 0.594. The molecule has 0 fully saturated rings. The van der Waals surface area contributed by atoms with Crippen LogP contribution in [0.4, 0.5) is 5.69 Å². The van der Waals surface area contributed by atoms with E-state index in [0.29, 0.717) is 12.1 Å². The normalized spacial score (nSPS) is 18.4. The highest BCUT2D eigenvalue weighted by Gasteiger charge is 2.48. The number of aliphatic carboxylic acids is 1. The summed E-state index contributed by atoms with van der Waals surface area (Å²) < 4.78 is 0. The number of nitrogens with one attached hydrogen (secondary N) is 1. The first-order valence-electron chi connectivity index (χ1n) is 12.2. The van der Waals surface area contributed by atoms with Crippen LogP contribution in [0.2, 0.25) is 0 Å². The average molecular weight is 508 g/mol. The van der Waals surface area contributed by atoms with E-state index in [0.717, 1.165) is 5.56 Å². The molecule has 3 rings (SSSR count). The van der Waals surface area contributed by atoms with E-state index in [1.165, 1.54) is 16.7 Å². The highest BCUT2D eigenvalue weighted by molar-refractivity contribution is 6.10. The molecule has 2 atom stereocenters. The number of hydrogen-bond donors (Lipinski definition) is 2. The van der Waals surface area contributed by atoms with Crippen LogP contribution in [0.15, 0.2) is 54.6 Å². The summed E-state index contributed by atoms with van der Waals surface area (Å²) in [6.07, 6.45) is 0.0935. The lowest BCUT2D eigenvalue weighted by Crippen LogP contribution is -2.62. The van der Waals surface area contributed by atoms with Crippen molar-refractivity contribution in [2.75, 3.05) is 11.4 Å². The summed E-state index contributed by atoms with van der Waals surface area (Å²) >= 11 is 0. The number of carbonyl (C=O) groups excluding carboxylic acids is 4. The third-order valence-electron chi connectivity index (χ3n) is 6.90. The lowest BCUT2D eigenvalue weighted by molar-refractivity contribution is -0.150. The largest absolute Gasteiger partial charge is 0.480 e. The van der Waals surface area contributed by atoms with Gasteiger partial charge >= 0.3 is 5.97 Å². The topological polar surface area (TPSA) is 124 Å². The van der Waals surface area contributed by atoms with Crippen molar-refractivity contribution >= 4 is 35.2 Å². The number of hydrogen-bond acceptors (Lipinski definition) is 5. The fourth-order valence-corrected chi connectivity index (χ4v) is 4.63. The number of benzene rings is 2. The predicted molar refractivity (Wildman–Crippen MR) is 138 cm³/mol. The van der Waals surface area contributed by atoms with Gasteiger partial charge in [-0.25, -0.2) is 0 Å². The van der Waals surface area contributed by atoms with E-state index in [2.05, 4.69) is 5.32 Å². The maximum atomic E-state index is 14.5. The Bertz CT molecular complexity index is 1190. The number of carbonyl (C=O) groups is 5. The molecule has 9 heteroatoms. The van der Waals surface area contributed by atoms with Crippen LogP contribution in [0.1, 0.15) is 56.5 Å². The van der Waals surface area contributed by atoms with Crippen molar-refractivity contribution in [1.29, 1.82) is 0 Å². The Balaban J connectivity index is 2.26. The van der Waals surface area contributed by atoms with E-state index in [1.807, 2.05) is 51.1 Å². The molecule has 196 valence electrons. The molecule has 0 saturated heterocycles. The number of carboxylic acid groups (broad SMARTS) is 1. The van der Waals surface area contributed by atoms with Crippen LogP contribution in [0.25, 0.3) is 0 Å². The van der Waals surface area contributed by atoms with E-state index >= 15 is 0 Å². The van der Waals surface area contributed by atoms with Gasteiger partial charge < -0.3 is 20.2 Å². The van der Waals surface area contributed by atoms with Crippen LogP contribution in [-0.2, 0) is 25.7 Å². The molecule has 0 saturated carbocycles. The summed E-state index contributed by atoms with van der Waals surface area (Å²) in [5, 5.41) is 11.4. The molecule has 1 aliphatic heterocycles. The van der Waals surface area contributed by atoms with E-state index < -0.39 is 59.9 Å². The minimum Gasteiger partial charge on any atom is -0.480 e. The van der Waals surface area contributed by atoms with Gasteiger partial charge in [0.05, 0.1) is 12.2 Å². The van der Waals surface area contributed by atoms with Crippen molar-refractivity contribution in [3.63, 3.8) is 0 Å². The molecule has 0 spiro atoms. The fraction of sp³-hybridized carbons (Fsp3) is 0.393. The SMILES string of the molecule is CCC(C)(C)[C@@H]1C(=O)N(Cc2ccccc2)c2ccccc2C(=O)C[C@@H](C(=O)NCC(=O)O)N1C(C)=O. The zero-order valence-electron chi connectivity index (χ0n) is 21.6. The summed E-state index contributed by atoms with van der Waals surface area (Å²) in [6.45, 7) is 6.29. The van der Waals surface area contributed by atoms with Gasteiger partial charge in [0.15, 0.2) is 5.78 Å². The first-order valence-corrected chi connectivity index (χ1v) is 12.2. The Hall–Kier alpha value is -4.01. The molecule has 2 aromatic carbocycles. The molecule has 0 unspecified atom stereocenters. The number of Topliss-reactive ketones (excluding diaryl/α,β-unsaturated/α-hetero) is 1. The van der Waals surface area contributed by atoms with Crippen molar-refractivity contribution in [3.8, 4) is 0 Å². The maximum Gasteiger partial charge on any atom is 0.322 e. The third-order valence-corrected chi connectivity index (χ3v) is 6.90. The summed E-state index contributed by atoms with van der Waals surface area (Å²) in [5.41, 5.74) is 0.691. The number of carboxylic acids is 1. The van der Waals surface area contributed by atoms with Crippen LogP contribution in [-0.4, -0.2) is 58.1 Å². The van der Waals surface area contributed by atoms with E-state index in [9.17, 15) is 24.0 Å². The molecule has 2 N–H and O–H groups in total. The monoisotopic (exact) mass is 507 g/mol. The van der Waals surface area contributed by atoms with Crippen molar-refractivity contribution in [2.24, 2.45) is 5.41 Å². The molecule has 0 bridgehead atoms. The van der Waals surface area contributed by atoms with Gasteiger partial charge in [-0.15, -0.1) is 0 Å². The predicted octanol–water partition coefficient (Wildman–Crippen LogP) is 3.03. The number of rotatable bonds is 7. The number of amides is 3. The van der Waals surface area contributed by atoms with Crippen molar-refractivity contribution in [3.05, 3.63) is 65.7 Å². The molecule has 1 aliphatic rings. The van der Waals surface area contributed by atoms with Crippen LogP contribution in [0.3, 0.4) is 0 Å². The van der Waals surface area contributed by atoms with E-state index in [1.54, 1.807) is 24.3 Å². The molecule has 3 amide bonds. The average Bonchev–Trinajstić information content (AvgIpc) is 2.90. The molecule has 1 heterocycles. The second kappa shape index (κ2) is 11.4. The van der Waals surface area contributed by atoms with Gasteiger partial charge in [-0.1, -0.05) is 63.2 Å². The van der Waals surface area contributed by atoms with Crippen molar-refractivity contribution in [1.82, 2.24) is 10.2 Å². The summed E-state index contributed by atoms with van der Waals surface area (Å²) in [7, 11) is 0. The standard InChI is InChI=1S/C28H33N3O6/c1-5-28(3,4)25-27(37)30(17-19-11-7-6-8-12-19)21-14-10-9-13-20(21)23(33)15-22(31(25)18(2)32)26(36)29-16-24(34)35/h6-14,22,25H,5,15-17H2,1-4H3,(H,29,36)(H,34,35)/t22-,25-/m0/s1. The first kappa shape index (κ1) is 27.6. The Morgan fingerprint density at radius 2 is 1.65 bits per heavy atom. The lowest BCUT2D eigenvalue weighted by Gasteiger charge is -2.44. The Labute approximate surface area is 216 Å². The van der Waals surface area contributed by atoms with E-state index in [4.69, 9.17) is 5.11 Å². The van der Waals surface area contributed by atoms with Crippen LogP contribution in [0.5, 0.6) is 0 Å². The van der Waals surface area contributed by atoms with Crippen LogP contribution in [0, 0.1) is 5.41 Å². The maximum absolute atomic E-state index is 14.5. The molecule has 37 heavy (non-hydrogen) atoms. The van der Waals surface area contributed by atoms with Gasteiger partial charge in [0.1, 0.15) is 18.6 Å². The van der Waals surface area contributed by atoms with Gasteiger partial charge in [0.25, 0.3) is 5.91 Å². The van der Waals surface area contributed by atoms with Crippen molar-refractivity contribution < 1.29 is 29.1 Å². The molecule has 0 radical (unpaired) electrons. The molecule has 9 nitrogen and oxygen atoms in total. The number of nitrogens with zero attached hydrogens (tertiary/aromatic N) is 2. The number of para-hydroxylation sites is 1. The van der Waals surface area contributed by atoms with Crippen LogP contribution >= 0.6 is 0 Å². The Kier molecular flexibility index (Phi) is 8.47. The summed E-state index contributed by atoms with van der Waals surface area (Å²) in [5.74, 6) is -3.49. The molecule has 0 aromatic heterocycles. The number of ketones is 1. The molecular formula is C28H33N3O6. The Morgan fingerprint density at radius 3 is 2.24 bits per heavy atom. The number of anilines is 1. The second-order valence-corrected chi connectivity index (χ2v) is 9.85. The van der Waals surface area contributed by atoms with Gasteiger partial charge in [0, 0.05) is 18.9 Å². The Morgan fingerprint density at radius 1 is 1.03 bits per heavy atom. The smallest absolute Gasteiger partial charge is 0.322 e. The molecule has 0 aliphatic carbocycles. The van der Waals surface area contributed by atoms with Crippen LogP contribution < -0.4 is 10.2 Å². The fourth-order valence-electron chi connectivity index (χ4n) is 4.63. The summed E-state index contributed by atoms with van der Waals surface area (Å²) in [6, 6.07) is 13.5.